The molecule has 0 aromatic heterocycles. The van der Waals surface area contributed by atoms with Crippen LogP contribution in [0.3, 0.4) is 0 Å². The maximum absolute atomic E-state index is 12.5. The summed E-state index contributed by atoms with van der Waals surface area (Å²) in [6.45, 7) is 9.92. The number of esters is 2. The molecule has 0 heterocycles. The first-order valence-electron chi connectivity index (χ1n) is 12.2. The first kappa shape index (κ1) is 26.0. The van der Waals surface area contributed by atoms with E-state index in [-0.39, 0.29) is 23.8 Å². The molecule has 170 valence electrons. The summed E-state index contributed by atoms with van der Waals surface area (Å²) in [6.07, 6.45) is 13.6. The van der Waals surface area contributed by atoms with Gasteiger partial charge in [0, 0.05) is 0 Å². The minimum Gasteiger partial charge on any atom is -0.465 e. The molecular weight excluding hydrogens is 364 g/mol. The summed E-state index contributed by atoms with van der Waals surface area (Å²) in [5, 5.41) is 0. The van der Waals surface area contributed by atoms with Crippen LogP contribution in [0, 0.1) is 23.7 Å². The van der Waals surface area contributed by atoms with Crippen molar-refractivity contribution in [1.29, 1.82) is 0 Å². The van der Waals surface area contributed by atoms with Crippen LogP contribution in [-0.2, 0) is 19.1 Å². The third-order valence-electron chi connectivity index (χ3n) is 5.96. The van der Waals surface area contributed by atoms with Crippen LogP contribution in [0.4, 0.5) is 0 Å². The van der Waals surface area contributed by atoms with Gasteiger partial charge in [-0.3, -0.25) is 9.59 Å². The lowest BCUT2D eigenvalue weighted by atomic mass is 9.79. The molecule has 0 aliphatic heterocycles. The maximum atomic E-state index is 12.5. The van der Waals surface area contributed by atoms with E-state index in [1.165, 1.54) is 32.1 Å². The zero-order chi connectivity index (χ0) is 21.5. The average Bonchev–Trinajstić information content (AvgIpc) is 2.69. The summed E-state index contributed by atoms with van der Waals surface area (Å²) in [5.41, 5.74) is 0. The van der Waals surface area contributed by atoms with Crippen molar-refractivity contribution in [3.05, 3.63) is 0 Å². The molecule has 1 rings (SSSR count). The van der Waals surface area contributed by atoms with Gasteiger partial charge in [0.25, 0.3) is 0 Å². The SMILES string of the molecule is CC(C)CCCCCCOC(=O)C1CCCCC1C(=O)OCCCCCC(C)C. The molecule has 0 radical (unpaired) electrons. The van der Waals surface area contributed by atoms with E-state index in [4.69, 9.17) is 9.47 Å². The summed E-state index contributed by atoms with van der Waals surface area (Å²) in [5.74, 6) is 0.494. The summed E-state index contributed by atoms with van der Waals surface area (Å²) in [4.78, 5) is 25.1. The molecule has 0 aromatic rings. The monoisotopic (exact) mass is 410 g/mol. The number of ether oxygens (including phenoxy) is 2. The number of carbonyl (C=O) groups is 2. The summed E-state index contributed by atoms with van der Waals surface area (Å²) >= 11 is 0. The van der Waals surface area contributed by atoms with Gasteiger partial charge in [-0.2, -0.15) is 0 Å². The lowest BCUT2D eigenvalue weighted by Crippen LogP contribution is -2.35. The quantitative estimate of drug-likeness (QED) is 0.222. The number of hydrogen-bond acceptors (Lipinski definition) is 4. The Hall–Kier alpha value is -1.06. The van der Waals surface area contributed by atoms with Crippen molar-refractivity contribution in [3.63, 3.8) is 0 Å². The second-order valence-electron chi connectivity index (χ2n) is 9.67. The lowest BCUT2D eigenvalue weighted by molar-refractivity contribution is -0.163. The number of rotatable bonds is 15. The van der Waals surface area contributed by atoms with Gasteiger partial charge in [-0.1, -0.05) is 85.5 Å². The van der Waals surface area contributed by atoms with Crippen molar-refractivity contribution in [2.75, 3.05) is 13.2 Å². The maximum Gasteiger partial charge on any atom is 0.309 e. The van der Waals surface area contributed by atoms with E-state index in [0.29, 0.717) is 13.2 Å². The summed E-state index contributed by atoms with van der Waals surface area (Å²) < 4.78 is 11.0. The molecule has 1 saturated carbocycles. The number of carbonyl (C=O) groups excluding carboxylic acids is 2. The predicted octanol–water partition coefficient (Wildman–Crippen LogP) is 6.70. The molecule has 1 fully saturated rings. The van der Waals surface area contributed by atoms with Crippen LogP contribution in [0.1, 0.15) is 111 Å². The third kappa shape index (κ3) is 12.3. The fraction of sp³-hybridized carbons (Fsp3) is 0.920. The van der Waals surface area contributed by atoms with Crippen molar-refractivity contribution in [2.24, 2.45) is 23.7 Å². The van der Waals surface area contributed by atoms with Crippen LogP contribution in [0.15, 0.2) is 0 Å². The summed E-state index contributed by atoms with van der Waals surface area (Å²) in [7, 11) is 0. The van der Waals surface area contributed by atoms with E-state index in [0.717, 1.165) is 63.2 Å². The van der Waals surface area contributed by atoms with Crippen molar-refractivity contribution in [1.82, 2.24) is 0 Å². The lowest BCUT2D eigenvalue weighted by Gasteiger charge is -2.28. The molecule has 0 bridgehead atoms. The fourth-order valence-corrected chi connectivity index (χ4v) is 4.09. The van der Waals surface area contributed by atoms with Crippen molar-refractivity contribution in [2.45, 2.75) is 111 Å². The number of hydrogen-bond donors (Lipinski definition) is 0. The highest BCUT2D eigenvalue weighted by atomic mass is 16.5. The largest absolute Gasteiger partial charge is 0.465 e. The Morgan fingerprint density at radius 1 is 0.655 bits per heavy atom. The zero-order valence-corrected chi connectivity index (χ0v) is 19.5. The van der Waals surface area contributed by atoms with Gasteiger partial charge in [-0.15, -0.1) is 0 Å². The second-order valence-corrected chi connectivity index (χ2v) is 9.67. The Balaban J connectivity index is 2.24. The highest BCUT2D eigenvalue weighted by molar-refractivity contribution is 5.82. The second kappa shape index (κ2) is 15.7. The molecule has 29 heavy (non-hydrogen) atoms. The Morgan fingerprint density at radius 2 is 1.03 bits per heavy atom. The normalized spacial score (nSPS) is 19.5. The van der Waals surface area contributed by atoms with Crippen LogP contribution in [0.25, 0.3) is 0 Å². The van der Waals surface area contributed by atoms with Crippen LogP contribution in [0.5, 0.6) is 0 Å². The molecule has 2 atom stereocenters. The summed E-state index contributed by atoms with van der Waals surface area (Å²) in [6, 6.07) is 0. The van der Waals surface area contributed by atoms with Gasteiger partial charge in [-0.25, -0.2) is 0 Å². The standard InChI is InChI=1S/C25H46O4/c1-20(2)14-8-5-6-12-18-28-24(26)22-16-10-11-17-23(22)25(27)29-19-13-7-9-15-21(3)4/h20-23H,5-19H2,1-4H3. The molecule has 1 aliphatic carbocycles. The van der Waals surface area contributed by atoms with Crippen molar-refractivity contribution in [3.8, 4) is 0 Å². The smallest absolute Gasteiger partial charge is 0.309 e. The topological polar surface area (TPSA) is 52.6 Å². The van der Waals surface area contributed by atoms with Gasteiger partial charge in [0.15, 0.2) is 0 Å². The molecule has 4 nitrogen and oxygen atoms in total. The van der Waals surface area contributed by atoms with Crippen molar-refractivity contribution >= 4 is 11.9 Å². The van der Waals surface area contributed by atoms with Gasteiger partial charge in [0.05, 0.1) is 25.0 Å². The van der Waals surface area contributed by atoms with Gasteiger partial charge in [0.1, 0.15) is 0 Å². The minimum absolute atomic E-state index is 0.189. The Labute approximate surface area is 179 Å². The molecule has 2 unspecified atom stereocenters. The molecule has 1 aliphatic rings. The molecular formula is C25H46O4. The highest BCUT2D eigenvalue weighted by Gasteiger charge is 2.37. The van der Waals surface area contributed by atoms with E-state index in [1.807, 2.05) is 0 Å². The van der Waals surface area contributed by atoms with E-state index >= 15 is 0 Å². The molecule has 0 saturated heterocycles. The Bertz CT molecular complexity index is 444. The first-order valence-corrected chi connectivity index (χ1v) is 12.2. The average molecular weight is 411 g/mol. The predicted molar refractivity (Wildman–Crippen MR) is 119 cm³/mol. The fourth-order valence-electron chi connectivity index (χ4n) is 4.09. The Morgan fingerprint density at radius 3 is 1.45 bits per heavy atom. The van der Waals surface area contributed by atoms with Gasteiger partial charge < -0.3 is 9.47 Å². The van der Waals surface area contributed by atoms with E-state index < -0.39 is 0 Å². The van der Waals surface area contributed by atoms with Gasteiger partial charge in [-0.05, 0) is 37.5 Å². The van der Waals surface area contributed by atoms with E-state index in [2.05, 4.69) is 27.7 Å². The van der Waals surface area contributed by atoms with E-state index in [1.54, 1.807) is 0 Å². The molecule has 4 heteroatoms. The van der Waals surface area contributed by atoms with Crippen LogP contribution in [-0.4, -0.2) is 25.2 Å². The van der Waals surface area contributed by atoms with Gasteiger partial charge >= 0.3 is 11.9 Å². The first-order chi connectivity index (χ1) is 13.9. The third-order valence-corrected chi connectivity index (χ3v) is 5.96. The molecule has 0 aromatic carbocycles. The highest BCUT2D eigenvalue weighted by Crippen LogP contribution is 2.32. The Kier molecular flexibility index (Phi) is 14.1. The zero-order valence-electron chi connectivity index (χ0n) is 19.5. The van der Waals surface area contributed by atoms with E-state index in [9.17, 15) is 9.59 Å². The molecule has 0 N–H and O–H groups in total. The van der Waals surface area contributed by atoms with Gasteiger partial charge in [0.2, 0.25) is 0 Å². The number of unbranched alkanes of at least 4 members (excludes halogenated alkanes) is 5. The van der Waals surface area contributed by atoms with Crippen molar-refractivity contribution < 1.29 is 19.1 Å². The van der Waals surface area contributed by atoms with Crippen LogP contribution in [0.2, 0.25) is 0 Å². The van der Waals surface area contributed by atoms with Crippen LogP contribution < -0.4 is 0 Å². The molecule has 0 amide bonds. The van der Waals surface area contributed by atoms with Crippen LogP contribution >= 0.6 is 0 Å². The molecule has 0 spiro atoms. The minimum atomic E-state index is -0.307.